The van der Waals surface area contributed by atoms with Crippen molar-refractivity contribution in [2.45, 2.75) is 0 Å². The molecule has 8 rings (SSSR count). The second-order valence-corrected chi connectivity index (χ2v) is 15.6. The van der Waals surface area contributed by atoms with Crippen LogP contribution >= 0.6 is 0 Å². The zero-order valence-corrected chi connectivity index (χ0v) is 27.1. The summed E-state index contributed by atoms with van der Waals surface area (Å²) in [6.07, 6.45) is 0. The van der Waals surface area contributed by atoms with Gasteiger partial charge in [0.15, 0.2) is 13.8 Å². The van der Waals surface area contributed by atoms with Gasteiger partial charge in [0.1, 0.15) is 0 Å². The fourth-order valence-electron chi connectivity index (χ4n) is 7.48. The molecule has 0 aliphatic carbocycles. The highest BCUT2D eigenvalue weighted by molar-refractivity contribution is 7.20. The zero-order chi connectivity index (χ0) is 32.5. The van der Waals surface area contributed by atoms with Crippen molar-refractivity contribution < 1.29 is 0 Å². The van der Waals surface area contributed by atoms with Crippen molar-refractivity contribution in [3.05, 3.63) is 199 Å². The van der Waals surface area contributed by atoms with Crippen molar-refractivity contribution in [1.29, 1.82) is 0 Å². The van der Waals surface area contributed by atoms with Gasteiger partial charge in [-0.25, -0.2) is 9.69 Å². The standard InChI is InChI=1S/C44H29N3Si/c1-45-38-27-17-31-42(48(32-18-6-3-7-19-32,33-20-8-4-9-21-33)34-22-10-5-11-23-34)43(38)37-26-16-28-39(46-2)44(37)47-40-29-14-12-24-35(40)36-25-13-15-30-41(36)47/h3-31H. The number of nitrogens with zero attached hydrogens (tertiary/aromatic N) is 3. The lowest BCUT2D eigenvalue weighted by Crippen LogP contribution is -2.75. The fourth-order valence-corrected chi connectivity index (χ4v) is 12.5. The van der Waals surface area contributed by atoms with Crippen molar-refractivity contribution >= 4 is 62.0 Å². The van der Waals surface area contributed by atoms with E-state index in [4.69, 9.17) is 13.1 Å². The van der Waals surface area contributed by atoms with E-state index in [9.17, 15) is 0 Å². The van der Waals surface area contributed by atoms with E-state index < -0.39 is 8.07 Å². The largest absolute Gasteiger partial charge is 0.318 e. The predicted molar refractivity (Wildman–Crippen MR) is 202 cm³/mol. The van der Waals surface area contributed by atoms with E-state index in [1.807, 2.05) is 24.3 Å². The molecule has 0 aliphatic rings. The quantitative estimate of drug-likeness (QED) is 0.0993. The molecule has 0 radical (unpaired) electrons. The molecule has 8 aromatic rings. The van der Waals surface area contributed by atoms with E-state index in [0.29, 0.717) is 11.4 Å². The van der Waals surface area contributed by atoms with E-state index in [-0.39, 0.29) is 0 Å². The van der Waals surface area contributed by atoms with Crippen molar-refractivity contribution in [2.75, 3.05) is 0 Å². The van der Waals surface area contributed by atoms with E-state index in [2.05, 4.69) is 166 Å². The summed E-state index contributed by atoms with van der Waals surface area (Å²) in [5.74, 6) is 0. The molecule has 0 amide bonds. The average molecular weight is 628 g/mol. The normalized spacial score (nSPS) is 11.3. The number of rotatable bonds is 6. The van der Waals surface area contributed by atoms with Crippen LogP contribution < -0.4 is 20.7 Å². The number of fused-ring (bicyclic) bond motifs is 3. The van der Waals surface area contributed by atoms with Crippen molar-refractivity contribution in [2.24, 2.45) is 0 Å². The molecule has 0 N–H and O–H groups in total. The summed E-state index contributed by atoms with van der Waals surface area (Å²) in [6, 6.07) is 61.2. The van der Waals surface area contributed by atoms with Crippen LogP contribution in [-0.4, -0.2) is 12.6 Å². The van der Waals surface area contributed by atoms with Gasteiger partial charge in [-0.1, -0.05) is 164 Å². The first kappa shape index (κ1) is 29.0. The van der Waals surface area contributed by atoms with Gasteiger partial charge in [0.2, 0.25) is 5.69 Å². The van der Waals surface area contributed by atoms with Crippen LogP contribution in [0.2, 0.25) is 0 Å². The van der Waals surface area contributed by atoms with Gasteiger partial charge in [0.25, 0.3) is 0 Å². The zero-order valence-electron chi connectivity index (χ0n) is 26.1. The monoisotopic (exact) mass is 627 g/mol. The second-order valence-electron chi connectivity index (χ2n) is 11.8. The minimum Gasteiger partial charge on any atom is -0.318 e. The van der Waals surface area contributed by atoms with Crippen molar-refractivity contribution in [1.82, 2.24) is 4.57 Å². The summed E-state index contributed by atoms with van der Waals surface area (Å²) < 4.78 is 2.23. The first-order valence-electron chi connectivity index (χ1n) is 15.9. The Morgan fingerprint density at radius 3 is 1.35 bits per heavy atom. The number of hydrogen-bond donors (Lipinski definition) is 0. The van der Waals surface area contributed by atoms with Crippen LogP contribution in [0.1, 0.15) is 0 Å². The van der Waals surface area contributed by atoms with Crippen LogP contribution in [-0.2, 0) is 0 Å². The third-order valence-electron chi connectivity index (χ3n) is 9.40. The smallest absolute Gasteiger partial charge is 0.211 e. The molecule has 0 aliphatic heterocycles. The van der Waals surface area contributed by atoms with Crippen LogP contribution in [0.4, 0.5) is 11.4 Å². The fraction of sp³-hybridized carbons (Fsp3) is 0. The summed E-state index contributed by atoms with van der Waals surface area (Å²) in [6.45, 7) is 16.9. The van der Waals surface area contributed by atoms with E-state index >= 15 is 0 Å². The molecule has 0 fully saturated rings. The lowest BCUT2D eigenvalue weighted by Gasteiger charge is -2.36. The van der Waals surface area contributed by atoms with Gasteiger partial charge in [0, 0.05) is 10.8 Å². The molecule has 1 heterocycles. The van der Waals surface area contributed by atoms with Crippen LogP contribution in [0.25, 0.3) is 48.3 Å². The summed E-state index contributed by atoms with van der Waals surface area (Å²) in [7, 11) is -3.05. The maximum Gasteiger partial charge on any atom is 0.211 e. The molecule has 0 unspecified atom stereocenters. The number of aromatic nitrogens is 1. The predicted octanol–water partition coefficient (Wildman–Crippen LogP) is 8.93. The molecule has 4 heteroatoms. The van der Waals surface area contributed by atoms with E-state index in [0.717, 1.165) is 43.8 Å². The Kier molecular flexibility index (Phi) is 7.27. The summed E-state index contributed by atoms with van der Waals surface area (Å²) >= 11 is 0. The third-order valence-corrected chi connectivity index (χ3v) is 14.2. The van der Waals surface area contributed by atoms with Crippen LogP contribution in [0.5, 0.6) is 0 Å². The van der Waals surface area contributed by atoms with E-state index in [1.54, 1.807) is 0 Å². The topological polar surface area (TPSA) is 13.7 Å². The van der Waals surface area contributed by atoms with Gasteiger partial charge in [0.05, 0.1) is 29.9 Å². The molecule has 3 nitrogen and oxygen atoms in total. The molecule has 1 aromatic heterocycles. The van der Waals surface area contributed by atoms with Crippen molar-refractivity contribution in [3.8, 4) is 16.8 Å². The highest BCUT2D eigenvalue weighted by atomic mass is 28.3. The molecule has 0 saturated heterocycles. The van der Waals surface area contributed by atoms with E-state index in [1.165, 1.54) is 15.6 Å². The Hall–Kier alpha value is -6.46. The Bertz CT molecular complexity index is 2370. The molecule has 0 atom stereocenters. The Labute approximate surface area is 281 Å². The number of benzene rings is 7. The minimum absolute atomic E-state index is 0.538. The first-order valence-corrected chi connectivity index (χ1v) is 17.9. The van der Waals surface area contributed by atoms with Crippen LogP contribution in [0.15, 0.2) is 176 Å². The van der Waals surface area contributed by atoms with Crippen LogP contribution in [0.3, 0.4) is 0 Å². The lowest BCUT2D eigenvalue weighted by molar-refractivity contribution is 1.19. The minimum atomic E-state index is -3.05. The SMILES string of the molecule is [C-]#[N+]c1cccc([Si](c2ccccc2)(c2ccccc2)c2ccccc2)c1-c1cccc([N+]#[C-])c1-n1c2ccccc2c2ccccc21. The number of para-hydroxylation sites is 3. The first-order chi connectivity index (χ1) is 23.8. The molecule has 0 bridgehead atoms. The van der Waals surface area contributed by atoms with Gasteiger partial charge >= 0.3 is 0 Å². The Balaban J connectivity index is 1.58. The average Bonchev–Trinajstić information content (AvgIpc) is 3.50. The highest BCUT2D eigenvalue weighted by Gasteiger charge is 2.43. The summed E-state index contributed by atoms with van der Waals surface area (Å²) in [5, 5.41) is 7.04. The molecule has 0 spiro atoms. The molecule has 0 saturated carbocycles. The molecule has 7 aromatic carbocycles. The molecule has 48 heavy (non-hydrogen) atoms. The van der Waals surface area contributed by atoms with Gasteiger partial charge in [-0.2, -0.15) is 0 Å². The van der Waals surface area contributed by atoms with Gasteiger partial charge in [-0.05, 0) is 44.0 Å². The Morgan fingerprint density at radius 2 is 0.854 bits per heavy atom. The van der Waals surface area contributed by atoms with Crippen LogP contribution in [0, 0.1) is 13.1 Å². The van der Waals surface area contributed by atoms with Gasteiger partial charge < -0.3 is 4.57 Å². The maximum atomic E-state index is 8.53. The summed E-state index contributed by atoms with van der Waals surface area (Å²) in [5.41, 5.74) is 5.69. The Morgan fingerprint density at radius 1 is 0.417 bits per heavy atom. The third kappa shape index (κ3) is 4.40. The van der Waals surface area contributed by atoms with Gasteiger partial charge in [-0.3, -0.25) is 0 Å². The summed E-state index contributed by atoms with van der Waals surface area (Å²) in [4.78, 5) is 8.30. The molecule has 224 valence electrons. The maximum absolute atomic E-state index is 8.53. The second kappa shape index (κ2) is 12.0. The molecular weight excluding hydrogens is 599 g/mol. The van der Waals surface area contributed by atoms with Gasteiger partial charge in [-0.15, -0.1) is 0 Å². The number of hydrogen-bond acceptors (Lipinski definition) is 0. The molecular formula is C44H29N3Si. The van der Waals surface area contributed by atoms with Crippen molar-refractivity contribution in [3.63, 3.8) is 0 Å². The lowest BCUT2D eigenvalue weighted by atomic mass is 10.00. The highest BCUT2D eigenvalue weighted by Crippen LogP contribution is 2.43.